The van der Waals surface area contributed by atoms with Crippen LogP contribution in [0.5, 0.6) is 17.2 Å². The number of hydrogen-bond acceptors (Lipinski definition) is 8. The number of benzene rings is 2. The quantitative estimate of drug-likeness (QED) is 0.433. The number of fused-ring (bicyclic) bond motifs is 1. The largest absolute Gasteiger partial charge is 0.507 e. The van der Waals surface area contributed by atoms with Gasteiger partial charge in [-0.15, -0.1) is 0 Å². The van der Waals surface area contributed by atoms with Crippen molar-refractivity contribution in [2.45, 2.75) is 33.7 Å². The lowest BCUT2D eigenvalue weighted by Gasteiger charge is -2.25. The molecule has 1 unspecified atom stereocenters. The zero-order valence-corrected chi connectivity index (χ0v) is 22.5. The van der Waals surface area contributed by atoms with Crippen LogP contribution in [0.3, 0.4) is 0 Å². The van der Waals surface area contributed by atoms with Crippen molar-refractivity contribution in [3.05, 3.63) is 83.5 Å². The molecule has 0 saturated heterocycles. The van der Waals surface area contributed by atoms with E-state index in [-0.39, 0.29) is 23.5 Å². The van der Waals surface area contributed by atoms with E-state index in [0.717, 1.165) is 11.3 Å². The first-order chi connectivity index (χ1) is 17.8. The molecule has 1 aromatic heterocycles. The van der Waals surface area contributed by atoms with Crippen LogP contribution in [0.15, 0.2) is 57.5 Å². The number of rotatable bonds is 8. The van der Waals surface area contributed by atoms with Crippen molar-refractivity contribution in [3.8, 4) is 17.2 Å². The smallest absolute Gasteiger partial charge is 0.338 e. The standard InChI is InChI=1S/C27H27ClN2O6S/c1-5-34-20-11-8-16(13-21(20)35-6-2)24-23(26(33)36-7-3)15(4)29-27-30(24)25(32)22(37-27)14-17-12-18(28)9-10-19(17)31/h8-14,24,31H,5-7H2,1-4H3/b22-14-. The van der Waals surface area contributed by atoms with Crippen LogP contribution in [-0.2, 0) is 9.53 Å². The minimum absolute atomic E-state index is 0.0111. The van der Waals surface area contributed by atoms with Crippen molar-refractivity contribution < 1.29 is 24.1 Å². The Bertz CT molecular complexity index is 1560. The highest BCUT2D eigenvalue weighted by Crippen LogP contribution is 2.36. The van der Waals surface area contributed by atoms with Gasteiger partial charge >= 0.3 is 5.97 Å². The number of thiazole rings is 1. The van der Waals surface area contributed by atoms with E-state index in [1.54, 1.807) is 50.3 Å². The lowest BCUT2D eigenvalue weighted by molar-refractivity contribution is -0.139. The normalized spacial score (nSPS) is 15.3. The van der Waals surface area contributed by atoms with Gasteiger partial charge in [0.1, 0.15) is 5.75 Å². The van der Waals surface area contributed by atoms with E-state index >= 15 is 0 Å². The van der Waals surface area contributed by atoms with Gasteiger partial charge in [0.25, 0.3) is 5.56 Å². The Morgan fingerprint density at radius 2 is 1.84 bits per heavy atom. The summed E-state index contributed by atoms with van der Waals surface area (Å²) in [5, 5.41) is 10.7. The first-order valence-electron chi connectivity index (χ1n) is 11.9. The highest BCUT2D eigenvalue weighted by Gasteiger charge is 2.34. The fourth-order valence-electron chi connectivity index (χ4n) is 4.13. The fraction of sp³-hybridized carbons (Fsp3) is 0.296. The molecule has 0 aliphatic carbocycles. The fourth-order valence-corrected chi connectivity index (χ4v) is 5.34. The van der Waals surface area contributed by atoms with E-state index in [4.69, 9.17) is 25.8 Å². The van der Waals surface area contributed by atoms with Crippen LogP contribution in [0.4, 0.5) is 0 Å². The second kappa shape index (κ2) is 11.2. The summed E-state index contributed by atoms with van der Waals surface area (Å²) >= 11 is 7.25. The number of esters is 1. The molecule has 1 aliphatic rings. The molecule has 0 fully saturated rings. The first-order valence-corrected chi connectivity index (χ1v) is 13.1. The van der Waals surface area contributed by atoms with Gasteiger partial charge in [-0.25, -0.2) is 9.79 Å². The van der Waals surface area contributed by atoms with Gasteiger partial charge in [0.2, 0.25) is 0 Å². The first kappa shape index (κ1) is 26.5. The number of ether oxygens (including phenoxy) is 3. The predicted octanol–water partition coefficient (Wildman–Crippen LogP) is 3.95. The average molecular weight is 543 g/mol. The number of phenolic OH excluding ortho intramolecular Hbond substituents is 1. The molecule has 0 spiro atoms. The second-order valence-electron chi connectivity index (χ2n) is 8.08. The molecule has 4 rings (SSSR count). The number of aromatic hydroxyl groups is 1. The summed E-state index contributed by atoms with van der Waals surface area (Å²) in [5.41, 5.74) is 1.39. The van der Waals surface area contributed by atoms with Crippen molar-refractivity contribution in [1.29, 1.82) is 0 Å². The number of allylic oxidation sites excluding steroid dienone is 1. The highest BCUT2D eigenvalue weighted by molar-refractivity contribution is 7.07. The molecule has 10 heteroatoms. The Morgan fingerprint density at radius 3 is 2.54 bits per heavy atom. The van der Waals surface area contributed by atoms with Crippen molar-refractivity contribution in [2.75, 3.05) is 19.8 Å². The summed E-state index contributed by atoms with van der Waals surface area (Å²) in [6, 6.07) is 9.14. The van der Waals surface area contributed by atoms with Gasteiger partial charge in [-0.3, -0.25) is 9.36 Å². The Labute approximate surface area is 222 Å². The zero-order chi connectivity index (χ0) is 26.7. The van der Waals surface area contributed by atoms with Gasteiger partial charge in [0, 0.05) is 10.6 Å². The molecule has 1 atom stereocenters. The molecule has 2 aromatic carbocycles. The van der Waals surface area contributed by atoms with Crippen LogP contribution >= 0.6 is 22.9 Å². The van der Waals surface area contributed by atoms with Crippen molar-refractivity contribution in [3.63, 3.8) is 0 Å². The minimum atomic E-state index is -0.805. The summed E-state index contributed by atoms with van der Waals surface area (Å²) < 4.78 is 18.7. The van der Waals surface area contributed by atoms with E-state index in [9.17, 15) is 14.7 Å². The molecule has 37 heavy (non-hydrogen) atoms. The molecule has 3 aromatic rings. The van der Waals surface area contributed by atoms with E-state index in [2.05, 4.69) is 4.99 Å². The molecule has 2 heterocycles. The molecule has 1 aliphatic heterocycles. The van der Waals surface area contributed by atoms with Crippen molar-refractivity contribution in [2.24, 2.45) is 4.99 Å². The minimum Gasteiger partial charge on any atom is -0.507 e. The van der Waals surface area contributed by atoms with Gasteiger partial charge in [0.05, 0.1) is 41.7 Å². The number of hydrogen-bond donors (Lipinski definition) is 1. The Morgan fingerprint density at radius 1 is 1.11 bits per heavy atom. The molecule has 8 nitrogen and oxygen atoms in total. The molecule has 0 radical (unpaired) electrons. The highest BCUT2D eigenvalue weighted by atomic mass is 35.5. The predicted molar refractivity (Wildman–Crippen MR) is 142 cm³/mol. The topological polar surface area (TPSA) is 99.4 Å². The van der Waals surface area contributed by atoms with E-state index < -0.39 is 12.0 Å². The number of halogens is 1. The van der Waals surface area contributed by atoms with Crippen LogP contribution in [0.1, 0.15) is 44.9 Å². The maximum atomic E-state index is 13.7. The third-order valence-electron chi connectivity index (χ3n) is 5.68. The van der Waals surface area contributed by atoms with Crippen LogP contribution in [0, 0.1) is 0 Å². The number of phenols is 1. The average Bonchev–Trinajstić information content (AvgIpc) is 3.16. The third kappa shape index (κ3) is 5.28. The summed E-state index contributed by atoms with van der Waals surface area (Å²) in [4.78, 5) is 31.8. The Kier molecular flexibility index (Phi) is 8.04. The van der Waals surface area contributed by atoms with Crippen molar-refractivity contribution in [1.82, 2.24) is 4.57 Å². The lowest BCUT2D eigenvalue weighted by atomic mass is 9.95. The van der Waals surface area contributed by atoms with E-state index in [1.807, 2.05) is 13.8 Å². The summed E-state index contributed by atoms with van der Waals surface area (Å²) in [6.45, 7) is 8.23. The van der Waals surface area contributed by atoms with Crippen LogP contribution in [-0.4, -0.2) is 35.5 Å². The Balaban J connectivity index is 1.97. The van der Waals surface area contributed by atoms with E-state index in [0.29, 0.717) is 55.9 Å². The van der Waals surface area contributed by atoms with E-state index in [1.165, 1.54) is 10.6 Å². The Hall–Kier alpha value is -3.56. The SMILES string of the molecule is CCOC(=O)C1=C(C)N=c2s/c(=C\c3cc(Cl)ccc3O)c(=O)n2C1c1ccc(OCC)c(OCC)c1. The number of carbonyl (C=O) groups is 1. The van der Waals surface area contributed by atoms with Crippen LogP contribution in [0.2, 0.25) is 5.02 Å². The molecule has 0 saturated carbocycles. The van der Waals surface area contributed by atoms with Gasteiger partial charge in [0.15, 0.2) is 16.3 Å². The monoisotopic (exact) mass is 542 g/mol. The number of nitrogens with zero attached hydrogens (tertiary/aromatic N) is 2. The third-order valence-corrected chi connectivity index (χ3v) is 6.89. The van der Waals surface area contributed by atoms with Gasteiger partial charge in [-0.2, -0.15) is 0 Å². The van der Waals surface area contributed by atoms with Gasteiger partial charge in [-0.05, 0) is 69.7 Å². The van der Waals surface area contributed by atoms with Crippen LogP contribution in [0.25, 0.3) is 6.08 Å². The summed E-state index contributed by atoms with van der Waals surface area (Å²) in [6.07, 6.45) is 1.56. The zero-order valence-electron chi connectivity index (χ0n) is 20.9. The van der Waals surface area contributed by atoms with Crippen molar-refractivity contribution >= 4 is 35.0 Å². The molecule has 0 amide bonds. The number of carbonyl (C=O) groups excluding carboxylic acids is 1. The number of aromatic nitrogens is 1. The van der Waals surface area contributed by atoms with Gasteiger partial charge in [-0.1, -0.05) is 29.0 Å². The molecule has 0 bridgehead atoms. The molecule has 1 N–H and O–H groups in total. The summed E-state index contributed by atoms with van der Waals surface area (Å²) in [7, 11) is 0. The molecule has 194 valence electrons. The maximum Gasteiger partial charge on any atom is 0.338 e. The molecular formula is C27H27ClN2O6S. The summed E-state index contributed by atoms with van der Waals surface area (Å²) in [5.74, 6) is 0.506. The van der Waals surface area contributed by atoms with Gasteiger partial charge < -0.3 is 19.3 Å². The second-order valence-corrected chi connectivity index (χ2v) is 9.52. The maximum absolute atomic E-state index is 13.7. The lowest BCUT2D eigenvalue weighted by Crippen LogP contribution is -2.40. The molecular weight excluding hydrogens is 516 g/mol. The van der Waals surface area contributed by atoms with Crippen LogP contribution < -0.4 is 24.4 Å².